The van der Waals surface area contributed by atoms with Gasteiger partial charge in [-0.25, -0.2) is 0 Å². The number of aromatic nitrogens is 2. The number of carbonyl (C=O) groups is 1. The van der Waals surface area contributed by atoms with Gasteiger partial charge in [0.2, 0.25) is 5.95 Å². The van der Waals surface area contributed by atoms with E-state index in [-0.39, 0.29) is 11.8 Å². The molecule has 7 heteroatoms. The Morgan fingerprint density at radius 1 is 1.53 bits per heavy atom. The summed E-state index contributed by atoms with van der Waals surface area (Å²) in [7, 11) is 1.63. The molecule has 0 aliphatic carbocycles. The summed E-state index contributed by atoms with van der Waals surface area (Å²) >= 11 is 0. The number of carbonyl (C=O) groups excluding carboxylic acids is 1. The lowest BCUT2D eigenvalue weighted by Gasteiger charge is -2.12. The molecule has 0 aromatic carbocycles. The maximum atomic E-state index is 10.4. The predicted molar refractivity (Wildman–Crippen MR) is 58.4 cm³/mol. The number of nitrogens with zero attached hydrogens (tertiary/aromatic N) is 4. The fourth-order valence-corrected chi connectivity index (χ4v) is 0.949. The summed E-state index contributed by atoms with van der Waals surface area (Å²) in [6, 6.07) is 1.51. The highest BCUT2D eigenvalue weighted by atomic mass is 16.1. The molecule has 0 bridgehead atoms. The molecule has 0 aliphatic rings. The van der Waals surface area contributed by atoms with Crippen LogP contribution in [0.25, 0.3) is 0 Å². The number of aldehydes is 1. The normalized spacial score (nSPS) is 11.2. The summed E-state index contributed by atoms with van der Waals surface area (Å²) in [6.07, 6.45) is 0.643. The Morgan fingerprint density at radius 2 is 2.20 bits per heavy atom. The minimum atomic E-state index is 0.0656. The van der Waals surface area contributed by atoms with Gasteiger partial charge in [0.05, 0.1) is 5.71 Å². The molecule has 1 rings (SSSR count). The van der Waals surface area contributed by atoms with E-state index >= 15 is 0 Å². The maximum Gasteiger partial charge on any atom is 0.223 e. The molecular weight excluding hydrogens is 196 g/mol. The Morgan fingerprint density at radius 3 is 2.73 bits per heavy atom. The lowest BCUT2D eigenvalue weighted by atomic mass is 10.5. The largest absolute Gasteiger partial charge is 0.383 e. The monoisotopic (exact) mass is 208 g/mol. The molecule has 1 heterocycles. The molecule has 0 amide bonds. The van der Waals surface area contributed by atoms with Crippen molar-refractivity contribution in [3.63, 3.8) is 0 Å². The van der Waals surface area contributed by atoms with Crippen LogP contribution in [-0.4, -0.2) is 29.0 Å². The van der Waals surface area contributed by atoms with Crippen molar-refractivity contribution in [2.75, 3.05) is 23.5 Å². The first-order valence-corrected chi connectivity index (χ1v) is 4.17. The zero-order valence-corrected chi connectivity index (χ0v) is 8.51. The first-order chi connectivity index (χ1) is 7.02. The van der Waals surface area contributed by atoms with Crippen molar-refractivity contribution in [3.8, 4) is 0 Å². The first-order valence-electron chi connectivity index (χ1n) is 4.17. The number of hydrazone groups is 1. The van der Waals surface area contributed by atoms with Gasteiger partial charge in [-0.3, -0.25) is 9.80 Å². The number of rotatable bonds is 3. The van der Waals surface area contributed by atoms with E-state index in [1.165, 1.54) is 11.1 Å². The topological polar surface area (TPSA) is 110 Å². The smallest absolute Gasteiger partial charge is 0.223 e. The maximum absolute atomic E-state index is 10.4. The lowest BCUT2D eigenvalue weighted by Crippen LogP contribution is -2.15. The molecule has 7 nitrogen and oxygen atoms in total. The second kappa shape index (κ2) is 4.36. The van der Waals surface area contributed by atoms with Crippen molar-refractivity contribution in [2.24, 2.45) is 5.10 Å². The van der Waals surface area contributed by atoms with Gasteiger partial charge in [-0.15, -0.1) is 0 Å². The Bertz CT molecular complexity index is 382. The summed E-state index contributed by atoms with van der Waals surface area (Å²) < 4.78 is 0. The van der Waals surface area contributed by atoms with Gasteiger partial charge in [0.15, 0.2) is 12.1 Å². The highest BCUT2D eigenvalue weighted by molar-refractivity contribution is 6.27. The van der Waals surface area contributed by atoms with Crippen molar-refractivity contribution in [1.29, 1.82) is 0 Å². The fourth-order valence-electron chi connectivity index (χ4n) is 0.949. The lowest BCUT2D eigenvalue weighted by molar-refractivity contribution is -0.102. The molecule has 0 saturated heterocycles. The second-order valence-corrected chi connectivity index (χ2v) is 2.89. The Balaban J connectivity index is 3.00. The van der Waals surface area contributed by atoms with Crippen LogP contribution in [0.5, 0.6) is 0 Å². The Hall–Kier alpha value is -2.18. The van der Waals surface area contributed by atoms with Crippen LogP contribution in [0.3, 0.4) is 0 Å². The van der Waals surface area contributed by atoms with E-state index in [0.717, 1.165) is 0 Å². The molecule has 0 spiro atoms. The third-order valence-corrected chi connectivity index (χ3v) is 1.56. The highest BCUT2D eigenvalue weighted by Crippen LogP contribution is 2.13. The molecule has 1 aromatic heterocycles. The molecular formula is C8H12N6O. The van der Waals surface area contributed by atoms with E-state index in [2.05, 4.69) is 15.1 Å². The van der Waals surface area contributed by atoms with E-state index in [4.69, 9.17) is 11.5 Å². The minimum absolute atomic E-state index is 0.0656. The molecule has 0 fully saturated rings. The van der Waals surface area contributed by atoms with Crippen LogP contribution in [0.4, 0.5) is 17.6 Å². The number of hydrogen-bond donors (Lipinski definition) is 2. The number of nitrogens with two attached hydrogens (primary N) is 2. The van der Waals surface area contributed by atoms with E-state index < -0.39 is 0 Å². The zero-order valence-electron chi connectivity index (χ0n) is 8.51. The van der Waals surface area contributed by atoms with Crippen molar-refractivity contribution >= 4 is 29.6 Å². The van der Waals surface area contributed by atoms with Gasteiger partial charge in [0, 0.05) is 13.1 Å². The fraction of sp³-hybridized carbons (Fsp3) is 0.250. The summed E-state index contributed by atoms with van der Waals surface area (Å²) in [4.78, 5) is 18.0. The molecule has 4 N–H and O–H groups in total. The number of hydrogen-bond acceptors (Lipinski definition) is 7. The summed E-state index contributed by atoms with van der Waals surface area (Å²) in [5.74, 6) is 0.750. The SMILES string of the molecule is CC(C=O)=NN(C)c1cc(N)nc(N)n1. The van der Waals surface area contributed by atoms with Gasteiger partial charge < -0.3 is 11.5 Å². The average Bonchev–Trinajstić information content (AvgIpc) is 2.16. The molecule has 1 aromatic rings. The van der Waals surface area contributed by atoms with E-state index in [1.807, 2.05) is 0 Å². The van der Waals surface area contributed by atoms with E-state index in [9.17, 15) is 4.79 Å². The average molecular weight is 208 g/mol. The van der Waals surface area contributed by atoms with Crippen LogP contribution in [-0.2, 0) is 4.79 Å². The van der Waals surface area contributed by atoms with Crippen molar-refractivity contribution < 1.29 is 4.79 Å². The molecule has 0 radical (unpaired) electrons. The van der Waals surface area contributed by atoms with Crippen molar-refractivity contribution in [2.45, 2.75) is 6.92 Å². The van der Waals surface area contributed by atoms with Gasteiger partial charge in [-0.2, -0.15) is 15.1 Å². The van der Waals surface area contributed by atoms with E-state index in [0.29, 0.717) is 17.8 Å². The van der Waals surface area contributed by atoms with Crippen LogP contribution in [0.1, 0.15) is 6.92 Å². The highest BCUT2D eigenvalue weighted by Gasteiger charge is 2.04. The summed E-state index contributed by atoms with van der Waals surface area (Å²) in [5, 5.41) is 5.33. The van der Waals surface area contributed by atoms with E-state index in [1.54, 1.807) is 14.0 Å². The number of nitrogen functional groups attached to an aromatic ring is 2. The Labute approximate surface area is 86.8 Å². The molecule has 0 aliphatic heterocycles. The van der Waals surface area contributed by atoms with Gasteiger partial charge in [0.25, 0.3) is 0 Å². The van der Waals surface area contributed by atoms with Crippen LogP contribution in [0.15, 0.2) is 11.2 Å². The van der Waals surface area contributed by atoms with Gasteiger partial charge in [-0.05, 0) is 6.92 Å². The zero-order chi connectivity index (χ0) is 11.4. The predicted octanol–water partition coefficient (Wildman–Crippen LogP) is -0.348. The summed E-state index contributed by atoms with van der Waals surface area (Å²) in [6.45, 7) is 1.58. The van der Waals surface area contributed by atoms with Crippen LogP contribution in [0.2, 0.25) is 0 Å². The molecule has 0 atom stereocenters. The number of anilines is 3. The second-order valence-electron chi connectivity index (χ2n) is 2.89. The van der Waals surface area contributed by atoms with Gasteiger partial charge in [0.1, 0.15) is 5.82 Å². The van der Waals surface area contributed by atoms with Crippen LogP contribution < -0.4 is 16.5 Å². The first kappa shape index (κ1) is 10.9. The minimum Gasteiger partial charge on any atom is -0.383 e. The quantitative estimate of drug-likeness (QED) is 0.399. The van der Waals surface area contributed by atoms with Gasteiger partial charge >= 0.3 is 0 Å². The molecule has 80 valence electrons. The van der Waals surface area contributed by atoms with Gasteiger partial charge in [-0.1, -0.05) is 0 Å². The standard InChI is InChI=1S/C8H12N6O/c1-5(4-15)13-14(2)7-3-6(9)11-8(10)12-7/h3-4H,1-2H3,(H4,9,10,11,12). The summed E-state index contributed by atoms with van der Waals surface area (Å²) in [5.41, 5.74) is 11.2. The molecule has 15 heavy (non-hydrogen) atoms. The third kappa shape index (κ3) is 2.90. The third-order valence-electron chi connectivity index (χ3n) is 1.56. The van der Waals surface area contributed by atoms with Crippen LogP contribution >= 0.6 is 0 Å². The Kier molecular flexibility index (Phi) is 3.17. The molecule has 0 unspecified atom stereocenters. The molecule has 0 saturated carbocycles. The van der Waals surface area contributed by atoms with Crippen molar-refractivity contribution in [3.05, 3.63) is 6.07 Å². The van der Waals surface area contributed by atoms with Crippen molar-refractivity contribution in [1.82, 2.24) is 9.97 Å². The van der Waals surface area contributed by atoms with Crippen LogP contribution in [0, 0.1) is 0 Å².